The lowest BCUT2D eigenvalue weighted by Crippen LogP contribution is -2.30. The summed E-state index contributed by atoms with van der Waals surface area (Å²) in [5.41, 5.74) is -0.744. The molecule has 3 nitrogen and oxygen atoms in total. The average Bonchev–Trinajstić information content (AvgIpc) is 2.12. The fraction of sp³-hybridized carbons (Fsp3) is 1.00. The molecular weight excluding hydrogens is 177 g/mol. The van der Waals surface area contributed by atoms with Gasteiger partial charge in [0, 0.05) is 25.2 Å². The van der Waals surface area contributed by atoms with Crippen LogP contribution in [0.4, 0.5) is 0 Å². The minimum atomic E-state index is -0.744. The molecule has 0 atom stereocenters. The zero-order chi connectivity index (χ0) is 11.2. The van der Waals surface area contributed by atoms with Gasteiger partial charge >= 0.3 is 0 Å². The maximum absolute atomic E-state index is 10.6. The highest BCUT2D eigenvalue weighted by Gasteiger charge is 2.29. The molecule has 0 spiro atoms. The van der Waals surface area contributed by atoms with Crippen molar-refractivity contribution in [1.29, 1.82) is 0 Å². The summed E-state index contributed by atoms with van der Waals surface area (Å²) in [6.07, 6.45) is 5.17. The van der Waals surface area contributed by atoms with Crippen LogP contribution in [0.1, 0.15) is 40.5 Å². The Balaban J connectivity index is 3.78. The third-order valence-corrected chi connectivity index (χ3v) is 3.05. The van der Waals surface area contributed by atoms with E-state index in [4.69, 9.17) is 0 Å². The Labute approximate surface area is 87.5 Å². The molecular formula is C10H22BNO2. The van der Waals surface area contributed by atoms with Crippen molar-refractivity contribution in [3.63, 3.8) is 0 Å². The highest BCUT2D eigenvalue weighted by Crippen LogP contribution is 2.19. The van der Waals surface area contributed by atoms with Crippen molar-refractivity contribution in [2.24, 2.45) is 0 Å². The third kappa shape index (κ3) is 4.63. The molecule has 0 saturated heterocycles. The van der Waals surface area contributed by atoms with E-state index in [1.807, 2.05) is 0 Å². The van der Waals surface area contributed by atoms with Crippen LogP contribution in [0.2, 0.25) is 19.0 Å². The van der Waals surface area contributed by atoms with Crippen molar-refractivity contribution in [3.05, 3.63) is 10.1 Å². The van der Waals surface area contributed by atoms with Crippen LogP contribution < -0.4 is 0 Å². The normalized spacial score (nSPS) is 11.4. The van der Waals surface area contributed by atoms with E-state index in [1.165, 1.54) is 12.6 Å². The second kappa shape index (κ2) is 6.04. The Bertz CT molecular complexity index is 179. The Morgan fingerprint density at radius 1 is 1.29 bits per heavy atom. The minimum absolute atomic E-state index is 0.167. The van der Waals surface area contributed by atoms with Crippen LogP contribution in [-0.2, 0) is 0 Å². The lowest BCUT2D eigenvalue weighted by atomic mass is 9.43. The van der Waals surface area contributed by atoms with E-state index in [1.54, 1.807) is 13.8 Å². The number of nitro groups is 1. The number of hydrogen-bond acceptors (Lipinski definition) is 2. The fourth-order valence-electron chi connectivity index (χ4n) is 1.61. The van der Waals surface area contributed by atoms with Gasteiger partial charge in [-0.2, -0.15) is 0 Å². The van der Waals surface area contributed by atoms with Gasteiger partial charge in [-0.1, -0.05) is 39.2 Å². The summed E-state index contributed by atoms with van der Waals surface area (Å²) >= 11 is 0. The maximum Gasteiger partial charge on any atom is 0.216 e. The lowest BCUT2D eigenvalue weighted by Gasteiger charge is -2.16. The van der Waals surface area contributed by atoms with E-state index in [-0.39, 0.29) is 4.92 Å². The van der Waals surface area contributed by atoms with Crippen molar-refractivity contribution in [2.45, 2.75) is 65.0 Å². The molecule has 0 aromatic heterocycles. The van der Waals surface area contributed by atoms with Crippen molar-refractivity contribution in [1.82, 2.24) is 0 Å². The van der Waals surface area contributed by atoms with Crippen molar-refractivity contribution >= 4 is 6.71 Å². The van der Waals surface area contributed by atoms with Gasteiger partial charge in [0.2, 0.25) is 5.54 Å². The Morgan fingerprint density at radius 3 is 2.14 bits per heavy atom. The molecule has 0 bridgehead atoms. The molecule has 0 aliphatic rings. The second-order valence-corrected chi connectivity index (χ2v) is 4.64. The first-order valence-electron chi connectivity index (χ1n) is 5.58. The molecule has 0 radical (unpaired) electrons. The Morgan fingerprint density at radius 2 is 1.79 bits per heavy atom. The van der Waals surface area contributed by atoms with Gasteiger partial charge < -0.3 is 0 Å². The van der Waals surface area contributed by atoms with Crippen molar-refractivity contribution in [2.75, 3.05) is 0 Å². The molecule has 0 fully saturated rings. The van der Waals surface area contributed by atoms with E-state index in [2.05, 4.69) is 13.8 Å². The summed E-state index contributed by atoms with van der Waals surface area (Å²) in [4.78, 5) is 10.5. The van der Waals surface area contributed by atoms with Gasteiger partial charge in [0.25, 0.3) is 0 Å². The van der Waals surface area contributed by atoms with Crippen LogP contribution >= 0.6 is 0 Å². The first-order chi connectivity index (χ1) is 6.44. The van der Waals surface area contributed by atoms with Gasteiger partial charge in [-0.25, -0.2) is 0 Å². The standard InChI is InChI=1S/C10H22BNO2/c1-5-11(6-2)9-7-8-10(3,4)12(13)14/h5-9H2,1-4H3. The molecule has 0 aromatic carbocycles. The maximum atomic E-state index is 10.6. The van der Waals surface area contributed by atoms with Gasteiger partial charge in [-0.15, -0.1) is 0 Å². The van der Waals surface area contributed by atoms with Crippen LogP contribution in [0, 0.1) is 10.1 Å². The first kappa shape index (κ1) is 13.5. The smallest absolute Gasteiger partial charge is 0.216 e. The number of hydrogen-bond donors (Lipinski definition) is 0. The quantitative estimate of drug-likeness (QED) is 0.358. The lowest BCUT2D eigenvalue weighted by molar-refractivity contribution is -0.561. The Kier molecular flexibility index (Phi) is 5.81. The predicted octanol–water partition coefficient (Wildman–Crippen LogP) is 3.36. The number of rotatable bonds is 7. The molecule has 0 N–H and O–H groups in total. The van der Waals surface area contributed by atoms with E-state index in [0.717, 1.165) is 19.5 Å². The SMILES string of the molecule is CCB(CC)CCCC(C)(C)[N+](=O)[O-]. The average molecular weight is 199 g/mol. The molecule has 0 aromatic rings. The van der Waals surface area contributed by atoms with E-state index in [0.29, 0.717) is 6.42 Å². The van der Waals surface area contributed by atoms with Gasteiger partial charge in [-0.3, -0.25) is 10.1 Å². The van der Waals surface area contributed by atoms with Gasteiger partial charge in [0.15, 0.2) is 0 Å². The molecule has 0 aliphatic carbocycles. The monoisotopic (exact) mass is 199 g/mol. The largest absolute Gasteiger partial charge is 0.264 e. The molecule has 82 valence electrons. The third-order valence-electron chi connectivity index (χ3n) is 3.05. The molecule has 4 heteroatoms. The zero-order valence-electron chi connectivity index (χ0n) is 9.88. The van der Waals surface area contributed by atoms with Crippen molar-refractivity contribution < 1.29 is 4.92 Å². The van der Waals surface area contributed by atoms with E-state index >= 15 is 0 Å². The molecule has 0 unspecified atom stereocenters. The fourth-order valence-corrected chi connectivity index (χ4v) is 1.61. The molecule has 0 aliphatic heterocycles. The zero-order valence-corrected chi connectivity index (χ0v) is 9.88. The van der Waals surface area contributed by atoms with Crippen LogP contribution in [-0.4, -0.2) is 17.2 Å². The van der Waals surface area contributed by atoms with Crippen LogP contribution in [0.3, 0.4) is 0 Å². The summed E-state index contributed by atoms with van der Waals surface area (Å²) in [5.74, 6) is 0. The molecule has 14 heavy (non-hydrogen) atoms. The highest BCUT2D eigenvalue weighted by molar-refractivity contribution is 6.58. The number of nitrogens with zero attached hydrogens (tertiary/aromatic N) is 1. The van der Waals surface area contributed by atoms with Crippen LogP contribution in [0.15, 0.2) is 0 Å². The molecule has 0 amide bonds. The summed E-state index contributed by atoms with van der Waals surface area (Å²) in [6, 6.07) is 0. The second-order valence-electron chi connectivity index (χ2n) is 4.64. The minimum Gasteiger partial charge on any atom is -0.264 e. The first-order valence-corrected chi connectivity index (χ1v) is 5.58. The summed E-state index contributed by atoms with van der Waals surface area (Å²) in [5, 5.41) is 10.6. The van der Waals surface area contributed by atoms with Crippen molar-refractivity contribution in [3.8, 4) is 0 Å². The molecule has 0 rings (SSSR count). The predicted molar refractivity (Wildman–Crippen MR) is 61.8 cm³/mol. The molecule has 0 saturated carbocycles. The van der Waals surface area contributed by atoms with Gasteiger partial charge in [0.1, 0.15) is 6.71 Å². The molecule has 0 heterocycles. The topological polar surface area (TPSA) is 43.1 Å². The van der Waals surface area contributed by atoms with Gasteiger partial charge in [-0.05, 0) is 0 Å². The van der Waals surface area contributed by atoms with Gasteiger partial charge in [0.05, 0.1) is 0 Å². The Hall–Kier alpha value is -0.535. The summed E-state index contributed by atoms with van der Waals surface area (Å²) in [7, 11) is 0. The summed E-state index contributed by atoms with van der Waals surface area (Å²) in [6.45, 7) is 8.54. The highest BCUT2D eigenvalue weighted by atomic mass is 16.6. The van der Waals surface area contributed by atoms with Crippen LogP contribution in [0.5, 0.6) is 0 Å². The van der Waals surface area contributed by atoms with E-state index in [9.17, 15) is 10.1 Å². The van der Waals surface area contributed by atoms with E-state index < -0.39 is 5.54 Å². The van der Waals surface area contributed by atoms with Crippen LogP contribution in [0.25, 0.3) is 0 Å². The summed E-state index contributed by atoms with van der Waals surface area (Å²) < 4.78 is 0.